The Kier molecular flexibility index (Phi) is 4.73. The molecule has 134 valence electrons. The van der Waals surface area contributed by atoms with Crippen LogP contribution in [-0.2, 0) is 6.42 Å². The topological polar surface area (TPSA) is 52.2 Å². The van der Waals surface area contributed by atoms with E-state index in [1.54, 1.807) is 12.3 Å². The SMILES string of the molecule is CCc1nc2ccc(Br)cc2c(=O)n1N=Cc1cccn1-c1ccccc1. The molecule has 2 heterocycles. The third-order valence-electron chi connectivity index (χ3n) is 4.31. The summed E-state index contributed by atoms with van der Waals surface area (Å²) in [6.45, 7) is 1.96. The molecule has 0 fully saturated rings. The van der Waals surface area contributed by atoms with Crippen molar-refractivity contribution in [3.63, 3.8) is 0 Å². The Morgan fingerprint density at radius 3 is 2.70 bits per heavy atom. The van der Waals surface area contributed by atoms with Crippen molar-refractivity contribution in [2.24, 2.45) is 5.10 Å². The molecular weight excluding hydrogens is 404 g/mol. The quantitative estimate of drug-likeness (QED) is 0.459. The molecule has 0 radical (unpaired) electrons. The lowest BCUT2D eigenvalue weighted by molar-refractivity contribution is 0.734. The fraction of sp³-hybridized carbons (Fsp3) is 0.0952. The van der Waals surface area contributed by atoms with Crippen LogP contribution < -0.4 is 5.56 Å². The maximum absolute atomic E-state index is 13.0. The van der Waals surface area contributed by atoms with Crippen LogP contribution in [0, 0.1) is 0 Å². The van der Waals surface area contributed by atoms with E-state index in [0.29, 0.717) is 23.1 Å². The molecule has 0 atom stereocenters. The van der Waals surface area contributed by atoms with Gasteiger partial charge in [0.2, 0.25) is 0 Å². The number of aromatic nitrogens is 3. The number of fused-ring (bicyclic) bond motifs is 1. The summed E-state index contributed by atoms with van der Waals surface area (Å²) in [6, 6.07) is 19.4. The van der Waals surface area contributed by atoms with E-state index in [4.69, 9.17) is 0 Å². The Hall–Kier alpha value is -2.99. The highest BCUT2D eigenvalue weighted by atomic mass is 79.9. The highest BCUT2D eigenvalue weighted by Crippen LogP contribution is 2.16. The van der Waals surface area contributed by atoms with Gasteiger partial charge in [0.15, 0.2) is 0 Å². The summed E-state index contributed by atoms with van der Waals surface area (Å²) >= 11 is 3.41. The van der Waals surface area contributed by atoms with Crippen LogP contribution >= 0.6 is 15.9 Å². The Labute approximate surface area is 164 Å². The van der Waals surface area contributed by atoms with Gasteiger partial charge in [0, 0.05) is 22.8 Å². The zero-order chi connectivity index (χ0) is 18.8. The van der Waals surface area contributed by atoms with Gasteiger partial charge in [-0.05, 0) is 42.5 Å². The zero-order valence-corrected chi connectivity index (χ0v) is 16.3. The van der Waals surface area contributed by atoms with E-state index in [0.717, 1.165) is 15.9 Å². The molecule has 2 aromatic heterocycles. The number of rotatable bonds is 4. The molecule has 6 heteroatoms. The monoisotopic (exact) mass is 420 g/mol. The molecule has 0 unspecified atom stereocenters. The number of aryl methyl sites for hydroxylation is 1. The third kappa shape index (κ3) is 3.36. The van der Waals surface area contributed by atoms with E-state index in [1.165, 1.54) is 4.68 Å². The van der Waals surface area contributed by atoms with Crippen LogP contribution in [-0.4, -0.2) is 20.4 Å². The average molecular weight is 421 g/mol. The molecule has 27 heavy (non-hydrogen) atoms. The summed E-state index contributed by atoms with van der Waals surface area (Å²) in [5, 5.41) is 5.00. The van der Waals surface area contributed by atoms with Crippen molar-refractivity contribution < 1.29 is 0 Å². The molecule has 0 saturated heterocycles. The van der Waals surface area contributed by atoms with Gasteiger partial charge in [-0.1, -0.05) is 41.1 Å². The lowest BCUT2D eigenvalue weighted by Gasteiger charge is -2.09. The van der Waals surface area contributed by atoms with Gasteiger partial charge in [0.05, 0.1) is 22.8 Å². The molecule has 4 rings (SSSR count). The van der Waals surface area contributed by atoms with Gasteiger partial charge in [0.1, 0.15) is 5.82 Å². The molecule has 0 amide bonds. The third-order valence-corrected chi connectivity index (χ3v) is 4.80. The van der Waals surface area contributed by atoms with Crippen molar-refractivity contribution in [2.45, 2.75) is 13.3 Å². The fourth-order valence-electron chi connectivity index (χ4n) is 2.98. The number of hydrogen-bond donors (Lipinski definition) is 0. The first kappa shape index (κ1) is 17.4. The molecule has 2 aromatic carbocycles. The second-order valence-electron chi connectivity index (χ2n) is 6.04. The highest BCUT2D eigenvalue weighted by molar-refractivity contribution is 9.10. The fourth-order valence-corrected chi connectivity index (χ4v) is 3.34. The molecule has 0 aliphatic heterocycles. The molecule has 0 spiro atoms. The first-order chi connectivity index (χ1) is 13.2. The maximum atomic E-state index is 13.0. The van der Waals surface area contributed by atoms with Crippen LogP contribution in [0.15, 0.2) is 81.2 Å². The van der Waals surface area contributed by atoms with E-state index in [2.05, 4.69) is 26.0 Å². The van der Waals surface area contributed by atoms with E-state index in [9.17, 15) is 4.79 Å². The van der Waals surface area contributed by atoms with Gasteiger partial charge in [-0.25, -0.2) is 4.98 Å². The minimum absolute atomic E-state index is 0.174. The maximum Gasteiger partial charge on any atom is 0.282 e. The highest BCUT2D eigenvalue weighted by Gasteiger charge is 2.10. The van der Waals surface area contributed by atoms with Crippen LogP contribution in [0.5, 0.6) is 0 Å². The smallest absolute Gasteiger partial charge is 0.282 e. The number of benzene rings is 2. The van der Waals surface area contributed by atoms with Gasteiger partial charge in [-0.3, -0.25) is 4.79 Å². The van der Waals surface area contributed by atoms with E-state index < -0.39 is 0 Å². The molecule has 4 aromatic rings. The number of para-hydroxylation sites is 1. The average Bonchev–Trinajstić information content (AvgIpc) is 3.17. The van der Waals surface area contributed by atoms with Gasteiger partial charge >= 0.3 is 0 Å². The lowest BCUT2D eigenvalue weighted by Crippen LogP contribution is -2.22. The van der Waals surface area contributed by atoms with Gasteiger partial charge in [0.25, 0.3) is 5.56 Å². The van der Waals surface area contributed by atoms with E-state index in [1.807, 2.05) is 72.3 Å². The van der Waals surface area contributed by atoms with Crippen molar-refractivity contribution in [1.82, 2.24) is 14.2 Å². The number of hydrogen-bond acceptors (Lipinski definition) is 3. The lowest BCUT2D eigenvalue weighted by atomic mass is 10.2. The van der Waals surface area contributed by atoms with Crippen LogP contribution in [0.2, 0.25) is 0 Å². The summed E-state index contributed by atoms with van der Waals surface area (Å²) in [5.41, 5.74) is 2.42. The van der Waals surface area contributed by atoms with Crippen LogP contribution in [0.3, 0.4) is 0 Å². The predicted octanol–water partition coefficient (Wildman–Crippen LogP) is 4.39. The first-order valence-corrected chi connectivity index (χ1v) is 9.45. The molecule has 0 aliphatic rings. The summed E-state index contributed by atoms with van der Waals surface area (Å²) in [6.07, 6.45) is 4.27. The van der Waals surface area contributed by atoms with E-state index in [-0.39, 0.29) is 5.56 Å². The Balaban J connectivity index is 1.82. The van der Waals surface area contributed by atoms with Crippen molar-refractivity contribution in [3.05, 3.63) is 93.2 Å². The zero-order valence-electron chi connectivity index (χ0n) is 14.7. The minimum Gasteiger partial charge on any atom is -0.316 e. The van der Waals surface area contributed by atoms with Crippen LogP contribution in [0.25, 0.3) is 16.6 Å². The van der Waals surface area contributed by atoms with Crippen molar-refractivity contribution in [1.29, 1.82) is 0 Å². The summed E-state index contributed by atoms with van der Waals surface area (Å²) in [5.74, 6) is 0.629. The predicted molar refractivity (Wildman–Crippen MR) is 112 cm³/mol. The molecule has 0 bridgehead atoms. The van der Waals surface area contributed by atoms with Gasteiger partial charge in [-0.15, -0.1) is 0 Å². The van der Waals surface area contributed by atoms with Crippen LogP contribution in [0.4, 0.5) is 0 Å². The Morgan fingerprint density at radius 2 is 1.93 bits per heavy atom. The number of halogens is 1. The van der Waals surface area contributed by atoms with Gasteiger partial charge in [-0.2, -0.15) is 9.78 Å². The number of nitrogens with zero attached hydrogens (tertiary/aromatic N) is 4. The second-order valence-corrected chi connectivity index (χ2v) is 6.96. The largest absolute Gasteiger partial charge is 0.316 e. The first-order valence-electron chi connectivity index (χ1n) is 8.65. The molecular formula is C21H17BrN4O. The summed E-state index contributed by atoms with van der Waals surface area (Å²) in [7, 11) is 0. The van der Waals surface area contributed by atoms with Crippen molar-refractivity contribution in [3.8, 4) is 5.69 Å². The normalized spacial score (nSPS) is 11.5. The molecule has 0 N–H and O–H groups in total. The Morgan fingerprint density at radius 1 is 1.11 bits per heavy atom. The summed E-state index contributed by atoms with van der Waals surface area (Å²) in [4.78, 5) is 17.6. The Bertz CT molecular complexity index is 1190. The van der Waals surface area contributed by atoms with Gasteiger partial charge < -0.3 is 4.57 Å². The minimum atomic E-state index is -0.174. The molecule has 0 aliphatic carbocycles. The second kappa shape index (κ2) is 7.32. The standard InChI is InChI=1S/C21H17BrN4O/c1-2-20-24-19-11-10-15(22)13-18(19)21(27)26(20)23-14-17-9-6-12-25(17)16-7-4-3-5-8-16/h3-14H,2H2,1H3. The molecule has 0 saturated carbocycles. The summed E-state index contributed by atoms with van der Waals surface area (Å²) < 4.78 is 4.24. The van der Waals surface area contributed by atoms with Crippen molar-refractivity contribution >= 4 is 33.0 Å². The molecule has 5 nitrogen and oxygen atoms in total. The van der Waals surface area contributed by atoms with Crippen LogP contribution in [0.1, 0.15) is 18.4 Å². The van der Waals surface area contributed by atoms with E-state index >= 15 is 0 Å². The van der Waals surface area contributed by atoms with Crippen molar-refractivity contribution in [2.75, 3.05) is 0 Å².